The van der Waals surface area contributed by atoms with Crippen molar-refractivity contribution in [2.24, 2.45) is 5.73 Å². The number of unbranched alkanes of at least 4 members (excludes halogenated alkanes) is 1. The number of rotatable bonds is 5. The lowest BCUT2D eigenvalue weighted by molar-refractivity contribution is 0.615. The van der Waals surface area contributed by atoms with Crippen molar-refractivity contribution in [1.29, 1.82) is 0 Å². The predicted octanol–water partition coefficient (Wildman–Crippen LogP) is 3.81. The van der Waals surface area contributed by atoms with Gasteiger partial charge in [-0.2, -0.15) is 0 Å². The molecule has 0 aliphatic rings. The zero-order chi connectivity index (χ0) is 10.4. The van der Waals surface area contributed by atoms with Crippen molar-refractivity contribution in [3.05, 3.63) is 47.0 Å². The van der Waals surface area contributed by atoms with Crippen molar-refractivity contribution in [1.82, 2.24) is 0 Å². The highest BCUT2D eigenvalue weighted by atomic mass is 79.9. The van der Waals surface area contributed by atoms with Gasteiger partial charge < -0.3 is 5.73 Å². The Kier molecular flexibility index (Phi) is 4.91. The van der Waals surface area contributed by atoms with Crippen molar-refractivity contribution in [2.75, 3.05) is 0 Å². The van der Waals surface area contributed by atoms with Gasteiger partial charge in [0.15, 0.2) is 0 Å². The molecule has 1 unspecified atom stereocenters. The normalized spacial score (nSPS) is 12.4. The van der Waals surface area contributed by atoms with Crippen LogP contribution >= 0.6 is 15.9 Å². The monoisotopic (exact) mass is 253 g/mol. The highest BCUT2D eigenvalue weighted by Crippen LogP contribution is 2.24. The second-order valence-electron chi connectivity index (χ2n) is 3.35. The number of nitrogens with two attached hydrogens (primary N) is 1. The van der Waals surface area contributed by atoms with Crippen LogP contribution in [0.5, 0.6) is 0 Å². The van der Waals surface area contributed by atoms with Crippen LogP contribution in [0.2, 0.25) is 0 Å². The largest absolute Gasteiger partial charge is 0.324 e. The second-order valence-corrected chi connectivity index (χ2v) is 4.20. The average molecular weight is 254 g/mol. The summed E-state index contributed by atoms with van der Waals surface area (Å²) in [6.07, 6.45) is 5.09. The maximum Gasteiger partial charge on any atom is 0.0306 e. The van der Waals surface area contributed by atoms with Gasteiger partial charge in [-0.1, -0.05) is 40.2 Å². The van der Waals surface area contributed by atoms with Gasteiger partial charge in [-0.3, -0.25) is 0 Å². The molecule has 0 saturated heterocycles. The summed E-state index contributed by atoms with van der Waals surface area (Å²) < 4.78 is 1.10. The molecule has 1 aromatic carbocycles. The summed E-state index contributed by atoms with van der Waals surface area (Å²) in [6.45, 7) is 3.70. The van der Waals surface area contributed by atoms with Crippen molar-refractivity contribution in [3.8, 4) is 0 Å². The first kappa shape index (κ1) is 11.5. The van der Waals surface area contributed by atoms with Gasteiger partial charge in [0.1, 0.15) is 0 Å². The molecule has 0 spiro atoms. The Morgan fingerprint density at radius 3 is 2.79 bits per heavy atom. The third-order valence-corrected chi connectivity index (χ3v) is 2.95. The van der Waals surface area contributed by atoms with Crippen molar-refractivity contribution in [3.63, 3.8) is 0 Å². The number of halogens is 1. The van der Waals surface area contributed by atoms with E-state index >= 15 is 0 Å². The highest BCUT2D eigenvalue weighted by Gasteiger charge is 2.07. The summed E-state index contributed by atoms with van der Waals surface area (Å²) in [7, 11) is 0. The molecule has 0 amide bonds. The minimum Gasteiger partial charge on any atom is -0.324 e. The summed E-state index contributed by atoms with van der Waals surface area (Å²) in [5.41, 5.74) is 7.26. The predicted molar refractivity (Wildman–Crippen MR) is 65.1 cm³/mol. The van der Waals surface area contributed by atoms with Crippen molar-refractivity contribution >= 4 is 15.9 Å². The van der Waals surface area contributed by atoms with Gasteiger partial charge in [0, 0.05) is 10.5 Å². The quantitative estimate of drug-likeness (QED) is 0.627. The lowest BCUT2D eigenvalue weighted by Crippen LogP contribution is -2.10. The Balaban J connectivity index is 2.55. The van der Waals surface area contributed by atoms with Crippen LogP contribution in [0.4, 0.5) is 0 Å². The molecular formula is C12H16BrN. The molecule has 0 aromatic heterocycles. The van der Waals surface area contributed by atoms with E-state index in [1.165, 1.54) is 5.56 Å². The molecule has 14 heavy (non-hydrogen) atoms. The standard InChI is InChI=1S/C12H16BrN/c1-2-3-4-9-12(14)10-7-5-6-8-11(10)13/h2,5-8,12H,1,3-4,9,14H2. The summed E-state index contributed by atoms with van der Waals surface area (Å²) >= 11 is 3.51. The molecule has 0 aliphatic carbocycles. The average Bonchev–Trinajstić information content (AvgIpc) is 2.18. The Labute approximate surface area is 94.1 Å². The summed E-state index contributed by atoms with van der Waals surface area (Å²) in [5, 5.41) is 0. The zero-order valence-corrected chi connectivity index (χ0v) is 9.83. The van der Waals surface area contributed by atoms with Crippen molar-refractivity contribution < 1.29 is 0 Å². The van der Waals surface area contributed by atoms with E-state index in [4.69, 9.17) is 5.73 Å². The Morgan fingerprint density at radius 1 is 1.43 bits per heavy atom. The highest BCUT2D eigenvalue weighted by molar-refractivity contribution is 9.10. The molecule has 2 heteroatoms. The van der Waals surface area contributed by atoms with Crippen LogP contribution in [0, 0.1) is 0 Å². The first-order valence-corrected chi connectivity index (χ1v) is 5.66. The number of benzene rings is 1. The fraction of sp³-hybridized carbons (Fsp3) is 0.333. The molecule has 76 valence electrons. The van der Waals surface area contributed by atoms with Crippen molar-refractivity contribution in [2.45, 2.75) is 25.3 Å². The molecule has 0 fully saturated rings. The number of hydrogen-bond acceptors (Lipinski definition) is 1. The SMILES string of the molecule is C=CCCCC(N)c1ccccc1Br. The topological polar surface area (TPSA) is 26.0 Å². The molecule has 1 rings (SSSR count). The molecule has 1 atom stereocenters. The van der Waals surface area contributed by atoms with Gasteiger partial charge in [0.2, 0.25) is 0 Å². The fourth-order valence-electron chi connectivity index (χ4n) is 1.41. The van der Waals surface area contributed by atoms with Crippen LogP contribution < -0.4 is 5.73 Å². The molecule has 0 aliphatic heterocycles. The van der Waals surface area contributed by atoms with Gasteiger partial charge >= 0.3 is 0 Å². The Hall–Kier alpha value is -0.600. The van der Waals surface area contributed by atoms with Crippen LogP contribution in [0.25, 0.3) is 0 Å². The molecule has 1 nitrogen and oxygen atoms in total. The van der Waals surface area contributed by atoms with Gasteiger partial charge in [-0.15, -0.1) is 6.58 Å². The smallest absolute Gasteiger partial charge is 0.0306 e. The summed E-state index contributed by atoms with van der Waals surface area (Å²) in [6, 6.07) is 8.26. The van der Waals surface area contributed by atoms with Gasteiger partial charge in [-0.25, -0.2) is 0 Å². The third kappa shape index (κ3) is 3.28. The molecule has 0 bridgehead atoms. The molecule has 0 heterocycles. The lowest BCUT2D eigenvalue weighted by Gasteiger charge is -2.12. The van der Waals surface area contributed by atoms with E-state index in [9.17, 15) is 0 Å². The van der Waals surface area contributed by atoms with Crippen LogP contribution in [0.15, 0.2) is 41.4 Å². The number of allylic oxidation sites excluding steroid dienone is 1. The number of hydrogen-bond donors (Lipinski definition) is 1. The third-order valence-electron chi connectivity index (χ3n) is 2.23. The van der Waals surface area contributed by atoms with Gasteiger partial charge in [0.25, 0.3) is 0 Å². The molecule has 1 aromatic rings. The summed E-state index contributed by atoms with van der Waals surface area (Å²) in [5.74, 6) is 0. The van der Waals surface area contributed by atoms with Crippen LogP contribution in [0.1, 0.15) is 30.9 Å². The van der Waals surface area contributed by atoms with E-state index in [-0.39, 0.29) is 6.04 Å². The van der Waals surface area contributed by atoms with E-state index in [0.717, 1.165) is 23.7 Å². The lowest BCUT2D eigenvalue weighted by atomic mass is 10.0. The molecule has 2 N–H and O–H groups in total. The first-order valence-electron chi connectivity index (χ1n) is 4.86. The van der Waals surface area contributed by atoms with Gasteiger partial charge in [0.05, 0.1) is 0 Å². The minimum absolute atomic E-state index is 0.130. The van der Waals surface area contributed by atoms with E-state index < -0.39 is 0 Å². The van der Waals surface area contributed by atoms with Crippen LogP contribution in [-0.2, 0) is 0 Å². The molecule has 0 saturated carbocycles. The Morgan fingerprint density at radius 2 is 2.14 bits per heavy atom. The maximum absolute atomic E-state index is 6.07. The van der Waals surface area contributed by atoms with E-state index in [2.05, 4.69) is 28.6 Å². The van der Waals surface area contributed by atoms with E-state index in [1.807, 2.05) is 24.3 Å². The maximum atomic E-state index is 6.07. The van der Waals surface area contributed by atoms with Gasteiger partial charge in [-0.05, 0) is 30.9 Å². The van der Waals surface area contributed by atoms with Crippen LogP contribution in [-0.4, -0.2) is 0 Å². The van der Waals surface area contributed by atoms with E-state index in [0.29, 0.717) is 0 Å². The Bertz CT molecular complexity index is 296. The van der Waals surface area contributed by atoms with E-state index in [1.54, 1.807) is 0 Å². The second kappa shape index (κ2) is 5.99. The minimum atomic E-state index is 0.130. The zero-order valence-electron chi connectivity index (χ0n) is 8.25. The summed E-state index contributed by atoms with van der Waals surface area (Å²) in [4.78, 5) is 0. The first-order chi connectivity index (χ1) is 6.75. The molecular weight excluding hydrogens is 238 g/mol. The van der Waals surface area contributed by atoms with Crippen LogP contribution in [0.3, 0.4) is 0 Å². The fourth-order valence-corrected chi connectivity index (χ4v) is 1.99. The molecule has 0 radical (unpaired) electrons.